The van der Waals surface area contributed by atoms with Gasteiger partial charge in [0, 0.05) is 0 Å². The molecular formula is C20H18FN3O3. The van der Waals surface area contributed by atoms with E-state index in [1.165, 1.54) is 35.1 Å². The number of hydrogen-bond donors (Lipinski definition) is 1. The molecule has 0 aliphatic heterocycles. The third-order valence-electron chi connectivity index (χ3n) is 3.80. The number of para-hydroxylation sites is 1. The van der Waals surface area contributed by atoms with Crippen LogP contribution in [0.5, 0.6) is 0 Å². The van der Waals surface area contributed by atoms with Crippen molar-refractivity contribution in [3.05, 3.63) is 77.7 Å². The van der Waals surface area contributed by atoms with Gasteiger partial charge in [-0.3, -0.25) is 4.79 Å². The molecule has 0 saturated heterocycles. The molecule has 1 aromatic heterocycles. The van der Waals surface area contributed by atoms with Gasteiger partial charge in [-0.2, -0.15) is 5.10 Å². The lowest BCUT2D eigenvalue weighted by molar-refractivity contribution is -0.115. The van der Waals surface area contributed by atoms with Crippen LogP contribution in [0.2, 0.25) is 0 Å². The molecule has 6 nitrogen and oxygen atoms in total. The maximum Gasteiger partial charge on any atom is 0.343 e. The monoisotopic (exact) mass is 367 g/mol. The summed E-state index contributed by atoms with van der Waals surface area (Å²) in [6.07, 6.45) is 1.39. The summed E-state index contributed by atoms with van der Waals surface area (Å²) in [5.41, 5.74) is 1.50. The van der Waals surface area contributed by atoms with Crippen molar-refractivity contribution in [1.82, 2.24) is 9.78 Å². The number of rotatable bonds is 6. The molecule has 1 N–H and O–H groups in total. The topological polar surface area (TPSA) is 73.2 Å². The van der Waals surface area contributed by atoms with Gasteiger partial charge in [-0.15, -0.1) is 0 Å². The van der Waals surface area contributed by atoms with Crippen molar-refractivity contribution in [1.29, 1.82) is 0 Å². The van der Waals surface area contributed by atoms with Crippen LogP contribution in [-0.4, -0.2) is 28.3 Å². The van der Waals surface area contributed by atoms with Crippen LogP contribution >= 0.6 is 0 Å². The highest BCUT2D eigenvalue weighted by molar-refractivity contribution is 6.01. The van der Waals surface area contributed by atoms with Gasteiger partial charge in [0.2, 0.25) is 5.91 Å². The zero-order valence-corrected chi connectivity index (χ0v) is 14.7. The van der Waals surface area contributed by atoms with Gasteiger partial charge in [-0.05, 0) is 36.8 Å². The second-order valence-corrected chi connectivity index (χ2v) is 5.73. The summed E-state index contributed by atoms with van der Waals surface area (Å²) >= 11 is 0. The average Bonchev–Trinajstić information content (AvgIpc) is 3.08. The molecule has 0 aliphatic rings. The van der Waals surface area contributed by atoms with Gasteiger partial charge in [0.15, 0.2) is 5.82 Å². The average molecular weight is 367 g/mol. The van der Waals surface area contributed by atoms with Gasteiger partial charge in [0.1, 0.15) is 11.4 Å². The molecular weight excluding hydrogens is 349 g/mol. The third-order valence-corrected chi connectivity index (χ3v) is 3.80. The molecule has 0 spiro atoms. The number of carbonyl (C=O) groups is 2. The highest BCUT2D eigenvalue weighted by atomic mass is 19.1. The molecule has 138 valence electrons. The molecule has 2 aromatic carbocycles. The molecule has 0 radical (unpaired) electrons. The van der Waals surface area contributed by atoms with Gasteiger partial charge in [-0.25, -0.2) is 13.9 Å². The quantitative estimate of drug-likeness (QED) is 0.678. The Morgan fingerprint density at radius 3 is 2.48 bits per heavy atom. The van der Waals surface area contributed by atoms with Crippen molar-refractivity contribution in [2.75, 3.05) is 11.9 Å². The lowest BCUT2D eigenvalue weighted by atomic mass is 10.1. The van der Waals surface area contributed by atoms with Crippen molar-refractivity contribution in [2.24, 2.45) is 0 Å². The number of nitrogens with zero attached hydrogens (tertiary/aromatic N) is 2. The van der Waals surface area contributed by atoms with Crippen LogP contribution < -0.4 is 5.32 Å². The van der Waals surface area contributed by atoms with Crippen molar-refractivity contribution >= 4 is 17.7 Å². The van der Waals surface area contributed by atoms with Gasteiger partial charge < -0.3 is 10.1 Å². The zero-order chi connectivity index (χ0) is 19.2. The van der Waals surface area contributed by atoms with Crippen molar-refractivity contribution in [3.63, 3.8) is 0 Å². The Morgan fingerprint density at radius 1 is 1.11 bits per heavy atom. The van der Waals surface area contributed by atoms with Crippen LogP contribution in [-0.2, 0) is 16.0 Å². The number of aromatic nitrogens is 2. The van der Waals surface area contributed by atoms with E-state index in [0.29, 0.717) is 11.3 Å². The first kappa shape index (κ1) is 18.3. The summed E-state index contributed by atoms with van der Waals surface area (Å²) in [6, 6.07) is 14.8. The normalized spacial score (nSPS) is 10.4. The maximum absolute atomic E-state index is 13.0. The maximum atomic E-state index is 13.0. The van der Waals surface area contributed by atoms with E-state index in [0.717, 1.165) is 0 Å². The Morgan fingerprint density at radius 2 is 1.81 bits per heavy atom. The van der Waals surface area contributed by atoms with Gasteiger partial charge in [0.05, 0.1) is 24.9 Å². The standard InChI is InChI=1S/C20H18FN3O3/c1-2-27-20(26)17-13-22-24(16-6-4-3-5-7-16)19(17)23-18(25)12-14-8-10-15(21)11-9-14/h3-11,13H,2,12H2,1H3,(H,23,25). The Kier molecular flexibility index (Phi) is 5.61. The van der Waals surface area contributed by atoms with Crippen LogP contribution in [0, 0.1) is 5.82 Å². The van der Waals surface area contributed by atoms with Crippen LogP contribution in [0.4, 0.5) is 10.2 Å². The number of nitrogens with one attached hydrogen (secondary N) is 1. The first-order chi connectivity index (χ1) is 13.1. The van der Waals surface area contributed by atoms with E-state index < -0.39 is 5.97 Å². The van der Waals surface area contributed by atoms with Crippen LogP contribution in [0.3, 0.4) is 0 Å². The minimum Gasteiger partial charge on any atom is -0.462 e. The van der Waals surface area contributed by atoms with Crippen molar-refractivity contribution < 1.29 is 18.7 Å². The van der Waals surface area contributed by atoms with E-state index in [2.05, 4.69) is 10.4 Å². The fourth-order valence-electron chi connectivity index (χ4n) is 2.56. The van der Waals surface area contributed by atoms with E-state index in [9.17, 15) is 14.0 Å². The van der Waals surface area contributed by atoms with E-state index in [-0.39, 0.29) is 36.1 Å². The molecule has 0 fully saturated rings. The number of amides is 1. The fourth-order valence-corrected chi connectivity index (χ4v) is 2.56. The van der Waals surface area contributed by atoms with E-state index in [1.54, 1.807) is 19.1 Å². The highest BCUT2D eigenvalue weighted by Gasteiger charge is 2.21. The zero-order valence-electron chi connectivity index (χ0n) is 14.7. The Labute approximate surface area is 155 Å². The second-order valence-electron chi connectivity index (χ2n) is 5.73. The largest absolute Gasteiger partial charge is 0.462 e. The number of hydrogen-bond acceptors (Lipinski definition) is 4. The Hall–Kier alpha value is -3.48. The smallest absolute Gasteiger partial charge is 0.343 e. The first-order valence-electron chi connectivity index (χ1n) is 8.43. The Bertz CT molecular complexity index is 937. The minimum absolute atomic E-state index is 0.0303. The molecule has 27 heavy (non-hydrogen) atoms. The summed E-state index contributed by atoms with van der Waals surface area (Å²) in [5.74, 6) is -1.07. The van der Waals surface area contributed by atoms with Crippen LogP contribution in [0.25, 0.3) is 5.69 Å². The van der Waals surface area contributed by atoms with Crippen LogP contribution in [0.1, 0.15) is 22.8 Å². The van der Waals surface area contributed by atoms with Crippen molar-refractivity contribution in [3.8, 4) is 5.69 Å². The third kappa shape index (κ3) is 4.38. The lowest BCUT2D eigenvalue weighted by Crippen LogP contribution is -2.19. The predicted molar refractivity (Wildman–Crippen MR) is 98.3 cm³/mol. The van der Waals surface area contributed by atoms with Gasteiger partial charge in [0.25, 0.3) is 0 Å². The second kappa shape index (κ2) is 8.27. The van der Waals surface area contributed by atoms with E-state index in [4.69, 9.17) is 4.74 Å². The number of halogens is 1. The summed E-state index contributed by atoms with van der Waals surface area (Å²) in [7, 11) is 0. The number of carbonyl (C=O) groups excluding carboxylic acids is 2. The summed E-state index contributed by atoms with van der Waals surface area (Å²) < 4.78 is 19.5. The molecule has 0 saturated carbocycles. The fraction of sp³-hybridized carbons (Fsp3) is 0.150. The van der Waals surface area contributed by atoms with E-state index >= 15 is 0 Å². The lowest BCUT2D eigenvalue weighted by Gasteiger charge is -2.11. The minimum atomic E-state index is -0.572. The molecule has 3 rings (SSSR count). The number of anilines is 1. The number of esters is 1. The summed E-state index contributed by atoms with van der Waals surface area (Å²) in [5, 5.41) is 6.94. The van der Waals surface area contributed by atoms with Crippen molar-refractivity contribution in [2.45, 2.75) is 13.3 Å². The Balaban J connectivity index is 1.89. The molecule has 1 heterocycles. The van der Waals surface area contributed by atoms with E-state index in [1.807, 2.05) is 18.2 Å². The number of benzene rings is 2. The molecule has 0 atom stereocenters. The summed E-state index contributed by atoms with van der Waals surface area (Å²) in [4.78, 5) is 24.7. The molecule has 3 aromatic rings. The molecule has 0 aliphatic carbocycles. The summed E-state index contributed by atoms with van der Waals surface area (Å²) in [6.45, 7) is 1.91. The van der Waals surface area contributed by atoms with Gasteiger partial charge >= 0.3 is 5.97 Å². The SMILES string of the molecule is CCOC(=O)c1cnn(-c2ccccc2)c1NC(=O)Cc1ccc(F)cc1. The molecule has 7 heteroatoms. The predicted octanol–water partition coefficient (Wildman–Crippen LogP) is 3.37. The molecule has 1 amide bonds. The van der Waals surface area contributed by atoms with Crippen LogP contribution in [0.15, 0.2) is 60.8 Å². The first-order valence-corrected chi connectivity index (χ1v) is 8.43. The highest BCUT2D eigenvalue weighted by Crippen LogP contribution is 2.21. The molecule has 0 bridgehead atoms. The number of ether oxygens (including phenoxy) is 1. The van der Waals surface area contributed by atoms with Gasteiger partial charge in [-0.1, -0.05) is 30.3 Å². The molecule has 0 unspecified atom stereocenters.